The van der Waals surface area contributed by atoms with Crippen molar-refractivity contribution in [1.29, 1.82) is 0 Å². The standard InChI is InChI=1S/C25H28N4O5S/c1-33-16-4-5-19-18(10-16)17(8-9-26-19)23(31)24(32)20-6-2-15(12-34-20)27-11-14-3-7-21-25(28-14)29-22(30)13-35-21/h3-5,7-10,15,20,23-24,27,31-32H,2,6,11-13H2,1H3,(H,28,29,30)/t15-,20+,23-,24+/m1/s1. The van der Waals surface area contributed by atoms with Crippen LogP contribution < -0.4 is 15.4 Å². The lowest BCUT2D eigenvalue weighted by Crippen LogP contribution is -2.45. The van der Waals surface area contributed by atoms with Crippen molar-refractivity contribution in [3.05, 3.63) is 53.9 Å². The lowest BCUT2D eigenvalue weighted by Gasteiger charge is -2.34. The number of carbonyl (C=O) groups is 1. The number of ether oxygens (including phenoxy) is 2. The van der Waals surface area contributed by atoms with Crippen LogP contribution in [0.15, 0.2) is 47.5 Å². The second-order valence-corrected chi connectivity index (χ2v) is 9.75. The van der Waals surface area contributed by atoms with Crippen molar-refractivity contribution in [2.75, 3.05) is 24.8 Å². The molecule has 4 N–H and O–H groups in total. The molecule has 10 heteroatoms. The van der Waals surface area contributed by atoms with Crippen LogP contribution in [0.2, 0.25) is 0 Å². The Morgan fingerprint density at radius 2 is 2.14 bits per heavy atom. The number of hydrogen-bond acceptors (Lipinski definition) is 9. The minimum atomic E-state index is -1.12. The van der Waals surface area contributed by atoms with E-state index in [-0.39, 0.29) is 11.9 Å². The van der Waals surface area contributed by atoms with Gasteiger partial charge < -0.3 is 30.3 Å². The Hall–Kier alpha value is -2.76. The Bertz CT molecular complexity index is 1220. The molecule has 0 unspecified atom stereocenters. The lowest BCUT2D eigenvalue weighted by atomic mass is 9.93. The summed E-state index contributed by atoms with van der Waals surface area (Å²) in [5.74, 6) is 1.65. The van der Waals surface area contributed by atoms with Crippen molar-refractivity contribution < 1.29 is 24.5 Å². The Morgan fingerprint density at radius 1 is 1.26 bits per heavy atom. The number of thioether (sulfide) groups is 1. The predicted molar refractivity (Wildman–Crippen MR) is 132 cm³/mol. The first kappa shape index (κ1) is 24.0. The number of aliphatic hydroxyl groups excluding tert-OH is 2. The zero-order valence-corrected chi connectivity index (χ0v) is 20.1. The van der Waals surface area contributed by atoms with Gasteiger partial charge in [0.2, 0.25) is 5.91 Å². The van der Waals surface area contributed by atoms with Gasteiger partial charge in [-0.15, -0.1) is 11.8 Å². The minimum absolute atomic E-state index is 0.0357. The monoisotopic (exact) mass is 496 g/mol. The smallest absolute Gasteiger partial charge is 0.235 e. The Labute approximate surface area is 207 Å². The fraction of sp³-hybridized carbons (Fsp3) is 0.400. The molecule has 0 radical (unpaired) electrons. The SMILES string of the molecule is COc1ccc2nccc([C@@H](O)[C@@H](O)[C@@H]3CC[C@@H](NCc4ccc5c(n4)NC(=O)CS5)CO3)c2c1. The van der Waals surface area contributed by atoms with Crippen LogP contribution in [0.5, 0.6) is 5.75 Å². The highest BCUT2D eigenvalue weighted by atomic mass is 32.2. The Morgan fingerprint density at radius 3 is 2.94 bits per heavy atom. The van der Waals surface area contributed by atoms with Crippen LogP contribution in [0.4, 0.5) is 5.82 Å². The maximum Gasteiger partial charge on any atom is 0.235 e. The maximum absolute atomic E-state index is 11.6. The number of hydrogen-bond donors (Lipinski definition) is 4. The van der Waals surface area contributed by atoms with E-state index in [0.29, 0.717) is 42.5 Å². The molecule has 3 aromatic rings. The number of aromatic nitrogens is 2. The first-order valence-electron chi connectivity index (χ1n) is 11.6. The molecular weight excluding hydrogens is 468 g/mol. The number of carbonyl (C=O) groups excluding carboxylic acids is 1. The molecule has 0 saturated carbocycles. The molecule has 9 nitrogen and oxygen atoms in total. The van der Waals surface area contributed by atoms with Crippen LogP contribution in [0, 0.1) is 0 Å². The molecule has 35 heavy (non-hydrogen) atoms. The molecule has 1 amide bonds. The van der Waals surface area contributed by atoms with Gasteiger partial charge >= 0.3 is 0 Å². The summed E-state index contributed by atoms with van der Waals surface area (Å²) in [7, 11) is 1.58. The molecule has 184 valence electrons. The molecular formula is C25H28N4O5S. The van der Waals surface area contributed by atoms with Crippen LogP contribution in [-0.4, -0.2) is 63.8 Å². The topological polar surface area (TPSA) is 126 Å². The van der Waals surface area contributed by atoms with Crippen molar-refractivity contribution in [2.24, 2.45) is 0 Å². The van der Waals surface area contributed by atoms with Crippen LogP contribution in [0.25, 0.3) is 10.9 Å². The summed E-state index contributed by atoms with van der Waals surface area (Å²) in [5.41, 5.74) is 2.15. The number of aliphatic hydroxyl groups is 2. The van der Waals surface area contributed by atoms with E-state index in [2.05, 4.69) is 20.6 Å². The highest BCUT2D eigenvalue weighted by Crippen LogP contribution is 2.32. The summed E-state index contributed by atoms with van der Waals surface area (Å²) in [6.45, 7) is 0.958. The van der Waals surface area contributed by atoms with Crippen molar-refractivity contribution in [1.82, 2.24) is 15.3 Å². The number of anilines is 1. The van der Waals surface area contributed by atoms with E-state index in [1.165, 1.54) is 11.8 Å². The zero-order valence-electron chi connectivity index (χ0n) is 19.3. The molecule has 2 aliphatic heterocycles. The lowest BCUT2D eigenvalue weighted by molar-refractivity contribution is -0.114. The van der Waals surface area contributed by atoms with E-state index in [4.69, 9.17) is 9.47 Å². The predicted octanol–water partition coefficient (Wildman–Crippen LogP) is 2.41. The molecule has 1 aromatic carbocycles. The van der Waals surface area contributed by atoms with Gasteiger partial charge in [-0.2, -0.15) is 0 Å². The van der Waals surface area contributed by atoms with E-state index in [1.807, 2.05) is 30.3 Å². The van der Waals surface area contributed by atoms with Crippen molar-refractivity contribution in [3.63, 3.8) is 0 Å². The number of nitrogens with zero attached hydrogens (tertiary/aromatic N) is 2. The van der Waals surface area contributed by atoms with Gasteiger partial charge in [0.25, 0.3) is 0 Å². The largest absolute Gasteiger partial charge is 0.497 e. The number of pyridine rings is 2. The second kappa shape index (κ2) is 10.5. The van der Waals surface area contributed by atoms with Crippen molar-refractivity contribution >= 4 is 34.4 Å². The van der Waals surface area contributed by atoms with Crippen LogP contribution in [-0.2, 0) is 16.1 Å². The first-order chi connectivity index (χ1) is 17.0. The van der Waals surface area contributed by atoms with E-state index in [0.717, 1.165) is 27.9 Å². The fourth-order valence-corrected chi connectivity index (χ4v) is 5.23. The van der Waals surface area contributed by atoms with Crippen molar-refractivity contribution in [2.45, 2.75) is 48.6 Å². The highest BCUT2D eigenvalue weighted by molar-refractivity contribution is 8.00. The minimum Gasteiger partial charge on any atom is -0.497 e. The molecule has 2 aromatic heterocycles. The van der Waals surface area contributed by atoms with E-state index in [1.54, 1.807) is 19.4 Å². The number of nitrogens with one attached hydrogen (secondary N) is 2. The molecule has 1 fully saturated rings. The first-order valence-corrected chi connectivity index (χ1v) is 12.6. The van der Waals surface area contributed by atoms with Crippen LogP contribution in [0.3, 0.4) is 0 Å². The molecule has 1 saturated heterocycles. The third-order valence-corrected chi connectivity index (χ3v) is 7.47. The molecule has 0 aliphatic carbocycles. The molecule has 4 heterocycles. The van der Waals surface area contributed by atoms with Crippen molar-refractivity contribution in [3.8, 4) is 5.75 Å². The van der Waals surface area contributed by atoms with E-state index >= 15 is 0 Å². The number of methoxy groups -OCH3 is 1. The number of fused-ring (bicyclic) bond motifs is 2. The highest BCUT2D eigenvalue weighted by Gasteiger charge is 2.33. The molecule has 2 aliphatic rings. The number of amides is 1. The van der Waals surface area contributed by atoms with Gasteiger partial charge in [0.05, 0.1) is 41.7 Å². The van der Waals surface area contributed by atoms with Gasteiger partial charge in [-0.25, -0.2) is 4.98 Å². The summed E-state index contributed by atoms with van der Waals surface area (Å²) < 4.78 is 11.3. The Balaban J connectivity index is 1.17. The summed E-state index contributed by atoms with van der Waals surface area (Å²) in [5, 5.41) is 28.9. The summed E-state index contributed by atoms with van der Waals surface area (Å²) in [6, 6.07) is 11.2. The van der Waals surface area contributed by atoms with Gasteiger partial charge in [-0.1, -0.05) is 0 Å². The third kappa shape index (κ3) is 5.26. The summed E-state index contributed by atoms with van der Waals surface area (Å²) >= 11 is 1.49. The maximum atomic E-state index is 11.6. The summed E-state index contributed by atoms with van der Waals surface area (Å²) in [6.07, 6.45) is 0.349. The van der Waals surface area contributed by atoms with Gasteiger partial charge in [-0.3, -0.25) is 9.78 Å². The molecule has 5 rings (SSSR count). The third-order valence-electron chi connectivity index (χ3n) is 6.42. The zero-order chi connectivity index (χ0) is 24.4. The average molecular weight is 497 g/mol. The second-order valence-electron chi connectivity index (χ2n) is 8.73. The van der Waals surface area contributed by atoms with E-state index in [9.17, 15) is 15.0 Å². The van der Waals surface area contributed by atoms with E-state index < -0.39 is 18.3 Å². The van der Waals surface area contributed by atoms with Gasteiger partial charge in [-0.05, 0) is 54.8 Å². The molecule has 4 atom stereocenters. The number of benzene rings is 1. The summed E-state index contributed by atoms with van der Waals surface area (Å²) in [4.78, 5) is 21.5. The van der Waals surface area contributed by atoms with Gasteiger partial charge in [0.1, 0.15) is 23.8 Å². The van der Waals surface area contributed by atoms with Crippen LogP contribution >= 0.6 is 11.8 Å². The quantitative estimate of drug-likeness (QED) is 0.390. The molecule has 0 spiro atoms. The fourth-order valence-electron chi connectivity index (χ4n) is 4.47. The van der Waals surface area contributed by atoms with Gasteiger partial charge in [0, 0.05) is 24.2 Å². The van der Waals surface area contributed by atoms with Gasteiger partial charge in [0.15, 0.2) is 0 Å². The number of rotatable bonds is 7. The van der Waals surface area contributed by atoms with Crippen LogP contribution in [0.1, 0.15) is 30.2 Å². The Kier molecular flexibility index (Phi) is 7.17. The average Bonchev–Trinajstić information content (AvgIpc) is 2.90. The molecule has 0 bridgehead atoms. The normalized spacial score (nSPS) is 21.7.